The molecule has 0 heterocycles. The first-order valence-corrected chi connectivity index (χ1v) is 9.71. The molecule has 0 aromatic rings. The van der Waals surface area contributed by atoms with Crippen molar-refractivity contribution in [3.8, 4) is 0 Å². The highest BCUT2D eigenvalue weighted by molar-refractivity contribution is 5.79. The van der Waals surface area contributed by atoms with Crippen molar-refractivity contribution in [1.82, 2.24) is 10.6 Å². The van der Waals surface area contributed by atoms with Crippen LogP contribution in [0.15, 0.2) is 4.99 Å². The van der Waals surface area contributed by atoms with Crippen molar-refractivity contribution in [2.24, 2.45) is 15.8 Å². The Kier molecular flexibility index (Phi) is 9.67. The number of hydrogen-bond donors (Lipinski definition) is 3. The van der Waals surface area contributed by atoms with Crippen LogP contribution in [0, 0.1) is 10.8 Å². The van der Waals surface area contributed by atoms with E-state index in [1.807, 2.05) is 0 Å². The van der Waals surface area contributed by atoms with Crippen LogP contribution in [0.25, 0.3) is 0 Å². The maximum absolute atomic E-state index is 9.74. The van der Waals surface area contributed by atoms with Crippen LogP contribution < -0.4 is 10.6 Å². The molecule has 142 valence electrons. The molecule has 1 aliphatic rings. The summed E-state index contributed by atoms with van der Waals surface area (Å²) in [4.78, 5) is 4.77. The van der Waals surface area contributed by atoms with Gasteiger partial charge in [0.2, 0.25) is 0 Å². The molecule has 3 N–H and O–H groups in total. The highest BCUT2D eigenvalue weighted by atomic mass is 16.5. The molecule has 5 nitrogen and oxygen atoms in total. The standard InChI is InChI=1S/C19H39N3O2/c1-5-18(6-2,16-23)14-21-17(20-7-3)22-15-19(12-13-24-4)10-8-9-11-19/h23H,5-16H2,1-4H3,(H2,20,21,22). The van der Waals surface area contributed by atoms with E-state index < -0.39 is 0 Å². The monoisotopic (exact) mass is 341 g/mol. The first-order chi connectivity index (χ1) is 11.6. The van der Waals surface area contributed by atoms with Gasteiger partial charge in [-0.05, 0) is 44.4 Å². The molecule has 0 spiro atoms. The summed E-state index contributed by atoms with van der Waals surface area (Å²) in [6.45, 7) is 9.84. The van der Waals surface area contributed by atoms with Gasteiger partial charge in [-0.2, -0.15) is 0 Å². The Morgan fingerprint density at radius 1 is 1.17 bits per heavy atom. The number of ether oxygens (including phenoxy) is 1. The molecule has 0 bridgehead atoms. The molecule has 0 aliphatic heterocycles. The summed E-state index contributed by atoms with van der Waals surface area (Å²) in [5.41, 5.74) is 0.249. The fourth-order valence-electron chi connectivity index (χ4n) is 3.57. The zero-order valence-electron chi connectivity index (χ0n) is 16.3. The SMILES string of the molecule is CCNC(=NCC(CC)(CC)CO)NCC1(CCOC)CCCC1. The number of aliphatic hydroxyl groups excluding tert-OH is 1. The van der Waals surface area contributed by atoms with Crippen molar-refractivity contribution >= 4 is 5.96 Å². The summed E-state index contributed by atoms with van der Waals surface area (Å²) in [6, 6.07) is 0. The van der Waals surface area contributed by atoms with E-state index in [0.717, 1.165) is 44.9 Å². The molecule has 24 heavy (non-hydrogen) atoms. The number of aliphatic imine (C=N–C) groups is 1. The van der Waals surface area contributed by atoms with Gasteiger partial charge >= 0.3 is 0 Å². The summed E-state index contributed by atoms with van der Waals surface area (Å²) in [7, 11) is 1.78. The molecule has 0 radical (unpaired) electrons. The zero-order valence-corrected chi connectivity index (χ0v) is 16.3. The fraction of sp³-hybridized carbons (Fsp3) is 0.947. The maximum atomic E-state index is 9.74. The molecule has 0 aromatic heterocycles. The molecule has 1 aliphatic carbocycles. The van der Waals surface area contributed by atoms with Crippen LogP contribution in [0.3, 0.4) is 0 Å². The number of rotatable bonds is 11. The first-order valence-electron chi connectivity index (χ1n) is 9.71. The van der Waals surface area contributed by atoms with Crippen LogP contribution in [0.1, 0.15) is 65.7 Å². The van der Waals surface area contributed by atoms with Gasteiger partial charge in [0.25, 0.3) is 0 Å². The van der Waals surface area contributed by atoms with Gasteiger partial charge in [0.1, 0.15) is 0 Å². The lowest BCUT2D eigenvalue weighted by Crippen LogP contribution is -2.44. The van der Waals surface area contributed by atoms with Gasteiger partial charge in [0.05, 0.1) is 13.2 Å². The third kappa shape index (κ3) is 6.25. The quantitative estimate of drug-likeness (QED) is 0.399. The number of methoxy groups -OCH3 is 1. The largest absolute Gasteiger partial charge is 0.396 e. The lowest BCUT2D eigenvalue weighted by molar-refractivity contribution is 0.123. The van der Waals surface area contributed by atoms with Crippen molar-refractivity contribution in [2.45, 2.75) is 65.7 Å². The van der Waals surface area contributed by atoms with Crippen LogP contribution in [0.5, 0.6) is 0 Å². The second-order valence-electron chi connectivity index (χ2n) is 7.36. The summed E-state index contributed by atoms with van der Waals surface area (Å²) < 4.78 is 5.32. The smallest absolute Gasteiger partial charge is 0.191 e. The van der Waals surface area contributed by atoms with E-state index in [1.165, 1.54) is 25.7 Å². The molecular formula is C19H39N3O2. The average Bonchev–Trinajstić information content (AvgIpc) is 3.08. The molecule has 1 saturated carbocycles. The number of hydrogen-bond acceptors (Lipinski definition) is 3. The molecule has 0 saturated heterocycles. The van der Waals surface area contributed by atoms with Gasteiger partial charge < -0.3 is 20.5 Å². The average molecular weight is 342 g/mol. The molecule has 0 aromatic carbocycles. The van der Waals surface area contributed by atoms with E-state index in [4.69, 9.17) is 9.73 Å². The molecule has 0 amide bonds. The summed E-state index contributed by atoms with van der Waals surface area (Å²) in [5.74, 6) is 0.876. The van der Waals surface area contributed by atoms with Crippen molar-refractivity contribution in [3.05, 3.63) is 0 Å². The number of nitrogens with one attached hydrogen (secondary N) is 2. The Morgan fingerprint density at radius 2 is 1.83 bits per heavy atom. The first kappa shape index (κ1) is 21.2. The van der Waals surface area contributed by atoms with Crippen molar-refractivity contribution in [1.29, 1.82) is 0 Å². The minimum Gasteiger partial charge on any atom is -0.396 e. The molecule has 1 rings (SSSR count). The van der Waals surface area contributed by atoms with E-state index in [1.54, 1.807) is 7.11 Å². The number of nitrogens with zero attached hydrogens (tertiary/aromatic N) is 1. The van der Waals surface area contributed by atoms with Gasteiger partial charge in [-0.3, -0.25) is 4.99 Å². The van der Waals surface area contributed by atoms with Crippen LogP contribution in [-0.4, -0.2) is 51.0 Å². The lowest BCUT2D eigenvalue weighted by Gasteiger charge is -2.31. The highest BCUT2D eigenvalue weighted by Crippen LogP contribution is 2.40. The number of aliphatic hydroxyl groups is 1. The predicted octanol–water partition coefficient (Wildman–Crippen LogP) is 2.94. The summed E-state index contributed by atoms with van der Waals surface area (Å²) in [5, 5.41) is 16.6. The molecule has 0 atom stereocenters. The molecule has 1 fully saturated rings. The fourth-order valence-corrected chi connectivity index (χ4v) is 3.57. The Morgan fingerprint density at radius 3 is 2.33 bits per heavy atom. The Labute approximate surface area is 148 Å². The molecule has 0 unspecified atom stereocenters. The maximum Gasteiger partial charge on any atom is 0.191 e. The van der Waals surface area contributed by atoms with E-state index in [-0.39, 0.29) is 12.0 Å². The van der Waals surface area contributed by atoms with Crippen molar-refractivity contribution in [3.63, 3.8) is 0 Å². The van der Waals surface area contributed by atoms with Crippen molar-refractivity contribution < 1.29 is 9.84 Å². The molecular weight excluding hydrogens is 302 g/mol. The highest BCUT2D eigenvalue weighted by Gasteiger charge is 2.33. The van der Waals surface area contributed by atoms with Gasteiger partial charge in [-0.15, -0.1) is 0 Å². The Bertz CT molecular complexity index is 353. The minimum absolute atomic E-state index is 0.0938. The zero-order chi connectivity index (χ0) is 17.9. The predicted molar refractivity (Wildman–Crippen MR) is 101 cm³/mol. The van der Waals surface area contributed by atoms with Crippen LogP contribution >= 0.6 is 0 Å². The van der Waals surface area contributed by atoms with Crippen LogP contribution in [0.2, 0.25) is 0 Å². The van der Waals surface area contributed by atoms with Crippen LogP contribution in [0.4, 0.5) is 0 Å². The van der Waals surface area contributed by atoms with E-state index >= 15 is 0 Å². The van der Waals surface area contributed by atoms with E-state index in [9.17, 15) is 5.11 Å². The van der Waals surface area contributed by atoms with Crippen molar-refractivity contribution in [2.75, 3.05) is 40.0 Å². The van der Waals surface area contributed by atoms with Crippen LogP contribution in [-0.2, 0) is 4.74 Å². The lowest BCUT2D eigenvalue weighted by atomic mass is 9.83. The summed E-state index contributed by atoms with van der Waals surface area (Å²) >= 11 is 0. The second kappa shape index (κ2) is 10.9. The Balaban J connectivity index is 2.68. The number of guanidine groups is 1. The van der Waals surface area contributed by atoms with Gasteiger partial charge in [0, 0.05) is 32.2 Å². The minimum atomic E-state index is -0.0938. The topological polar surface area (TPSA) is 65.9 Å². The van der Waals surface area contributed by atoms with E-state index in [0.29, 0.717) is 12.0 Å². The van der Waals surface area contributed by atoms with Gasteiger partial charge in [-0.1, -0.05) is 26.7 Å². The third-order valence-electron chi connectivity index (χ3n) is 5.88. The van der Waals surface area contributed by atoms with Gasteiger partial charge in [0.15, 0.2) is 5.96 Å². The van der Waals surface area contributed by atoms with E-state index in [2.05, 4.69) is 31.4 Å². The van der Waals surface area contributed by atoms with Gasteiger partial charge in [-0.25, -0.2) is 0 Å². The second-order valence-corrected chi connectivity index (χ2v) is 7.36. The third-order valence-corrected chi connectivity index (χ3v) is 5.88. The molecule has 5 heteroatoms. The normalized spacial score (nSPS) is 18.0. The summed E-state index contributed by atoms with van der Waals surface area (Å²) in [6.07, 6.45) is 8.18. The Hall–Kier alpha value is -0.810.